The van der Waals surface area contributed by atoms with Gasteiger partial charge in [0.2, 0.25) is 11.8 Å². The fourth-order valence-corrected chi connectivity index (χ4v) is 1.89. The van der Waals surface area contributed by atoms with Crippen molar-refractivity contribution < 1.29 is 9.59 Å². The highest BCUT2D eigenvalue weighted by Crippen LogP contribution is 2.13. The van der Waals surface area contributed by atoms with E-state index in [2.05, 4.69) is 26.1 Å². The Morgan fingerprint density at radius 1 is 1.11 bits per heavy atom. The molecule has 112 valence electrons. The van der Waals surface area contributed by atoms with Crippen LogP contribution >= 0.6 is 0 Å². The van der Waals surface area contributed by atoms with Crippen LogP contribution in [-0.4, -0.2) is 61.4 Å². The van der Waals surface area contributed by atoms with Gasteiger partial charge in [0.1, 0.15) is 0 Å². The van der Waals surface area contributed by atoms with Crippen LogP contribution in [0.5, 0.6) is 0 Å². The minimum absolute atomic E-state index is 0.0364. The first-order chi connectivity index (χ1) is 8.51. The third-order valence-corrected chi connectivity index (χ3v) is 2.41. The zero-order valence-electron chi connectivity index (χ0n) is 13.4. The maximum Gasteiger partial charge on any atom is 0.239 e. The van der Waals surface area contributed by atoms with Crippen LogP contribution in [0.3, 0.4) is 0 Å². The molecule has 0 aromatic carbocycles. The molecule has 0 unspecified atom stereocenters. The number of nitrogens with zero attached hydrogens (tertiary/aromatic N) is 2. The quantitative estimate of drug-likeness (QED) is 0.782. The topological polar surface area (TPSA) is 52.7 Å². The van der Waals surface area contributed by atoms with E-state index in [1.807, 2.05) is 25.8 Å². The number of nitrogens with one attached hydrogen (secondary N) is 1. The smallest absolute Gasteiger partial charge is 0.239 e. The lowest BCUT2D eigenvalue weighted by Crippen LogP contribution is -2.44. The summed E-state index contributed by atoms with van der Waals surface area (Å²) in [5.74, 6) is -0.157. The molecule has 0 bridgehead atoms. The number of amides is 2. The molecule has 0 fully saturated rings. The lowest BCUT2D eigenvalue weighted by Gasteiger charge is -2.27. The molecule has 5 nitrogen and oxygen atoms in total. The van der Waals surface area contributed by atoms with Crippen LogP contribution in [0.25, 0.3) is 0 Å². The summed E-state index contributed by atoms with van der Waals surface area (Å²) in [6.07, 6.45) is 0. The maximum atomic E-state index is 12.0. The van der Waals surface area contributed by atoms with Crippen LogP contribution in [0.4, 0.5) is 0 Å². The first-order valence-corrected chi connectivity index (χ1v) is 6.73. The second-order valence-corrected chi connectivity index (χ2v) is 6.70. The maximum absolute atomic E-state index is 12.0. The zero-order valence-corrected chi connectivity index (χ0v) is 13.4. The lowest BCUT2D eigenvalue weighted by atomic mass is 9.96. The number of rotatable bonds is 6. The van der Waals surface area contributed by atoms with Gasteiger partial charge in [-0.15, -0.1) is 0 Å². The Labute approximate surface area is 117 Å². The molecule has 0 aliphatic carbocycles. The minimum Gasteiger partial charge on any atom is -0.352 e. The van der Waals surface area contributed by atoms with Gasteiger partial charge in [0.25, 0.3) is 0 Å². The number of hydrogen-bond donors (Lipinski definition) is 1. The third kappa shape index (κ3) is 9.47. The van der Waals surface area contributed by atoms with E-state index in [1.54, 1.807) is 7.05 Å². The summed E-state index contributed by atoms with van der Waals surface area (Å²) >= 11 is 0. The molecule has 0 aliphatic heterocycles. The molecule has 19 heavy (non-hydrogen) atoms. The van der Waals surface area contributed by atoms with Crippen molar-refractivity contribution in [3.05, 3.63) is 0 Å². The molecule has 0 saturated heterocycles. The predicted molar refractivity (Wildman–Crippen MR) is 77.9 cm³/mol. The van der Waals surface area contributed by atoms with Gasteiger partial charge in [0.15, 0.2) is 0 Å². The molecule has 0 spiro atoms. The van der Waals surface area contributed by atoms with E-state index < -0.39 is 0 Å². The summed E-state index contributed by atoms with van der Waals surface area (Å²) in [7, 11) is 3.58. The van der Waals surface area contributed by atoms with Gasteiger partial charge >= 0.3 is 0 Å². The van der Waals surface area contributed by atoms with Gasteiger partial charge in [-0.25, -0.2) is 0 Å². The number of carbonyl (C=O) groups excluding carboxylic acids is 2. The Kier molecular flexibility index (Phi) is 7.05. The number of carbonyl (C=O) groups is 2. The fraction of sp³-hybridized carbons (Fsp3) is 0.857. The largest absolute Gasteiger partial charge is 0.352 e. The van der Waals surface area contributed by atoms with Crippen LogP contribution in [0.15, 0.2) is 0 Å². The first kappa shape index (κ1) is 17.9. The highest BCUT2D eigenvalue weighted by molar-refractivity contribution is 5.85. The molecule has 0 heterocycles. The molecule has 0 aromatic heterocycles. The zero-order chi connectivity index (χ0) is 15.2. The summed E-state index contributed by atoms with van der Waals surface area (Å²) < 4.78 is 0. The summed E-state index contributed by atoms with van der Waals surface area (Å²) in [6.45, 7) is 11.5. The highest BCUT2D eigenvalue weighted by atomic mass is 16.2. The van der Waals surface area contributed by atoms with Crippen LogP contribution < -0.4 is 5.32 Å². The van der Waals surface area contributed by atoms with Crippen LogP contribution in [-0.2, 0) is 9.59 Å². The molecule has 5 heteroatoms. The van der Waals surface area contributed by atoms with E-state index in [0.717, 1.165) is 6.54 Å². The molecular weight excluding hydrogens is 242 g/mol. The minimum atomic E-state index is -0.121. The lowest BCUT2D eigenvalue weighted by molar-refractivity contribution is -0.135. The Balaban J connectivity index is 4.16. The van der Waals surface area contributed by atoms with Crippen molar-refractivity contribution in [3.63, 3.8) is 0 Å². The van der Waals surface area contributed by atoms with Crippen molar-refractivity contribution in [2.75, 3.05) is 33.7 Å². The molecule has 0 aliphatic rings. The summed E-state index contributed by atoms with van der Waals surface area (Å²) in [5.41, 5.74) is 0.155. The van der Waals surface area contributed by atoms with Crippen molar-refractivity contribution in [1.29, 1.82) is 0 Å². The van der Waals surface area contributed by atoms with E-state index in [-0.39, 0.29) is 29.8 Å². The first-order valence-electron chi connectivity index (χ1n) is 6.73. The molecule has 1 N–H and O–H groups in total. The molecule has 2 amide bonds. The van der Waals surface area contributed by atoms with Crippen LogP contribution in [0, 0.1) is 5.41 Å². The predicted octanol–water partition coefficient (Wildman–Crippen LogP) is 0.947. The van der Waals surface area contributed by atoms with Crippen molar-refractivity contribution in [2.24, 2.45) is 5.41 Å². The molecule has 0 radical (unpaired) electrons. The van der Waals surface area contributed by atoms with Crippen molar-refractivity contribution in [1.82, 2.24) is 15.1 Å². The third-order valence-electron chi connectivity index (χ3n) is 2.41. The second kappa shape index (κ2) is 7.48. The second-order valence-electron chi connectivity index (χ2n) is 6.70. The van der Waals surface area contributed by atoms with Crippen LogP contribution in [0.2, 0.25) is 0 Å². The van der Waals surface area contributed by atoms with Gasteiger partial charge in [-0.2, -0.15) is 0 Å². The average molecular weight is 271 g/mol. The van der Waals surface area contributed by atoms with E-state index in [4.69, 9.17) is 0 Å². The van der Waals surface area contributed by atoms with E-state index in [0.29, 0.717) is 6.54 Å². The van der Waals surface area contributed by atoms with Crippen LogP contribution in [0.1, 0.15) is 34.6 Å². The fourth-order valence-electron chi connectivity index (χ4n) is 1.89. The Hall–Kier alpha value is -1.10. The Morgan fingerprint density at radius 2 is 1.63 bits per heavy atom. The van der Waals surface area contributed by atoms with Crippen molar-refractivity contribution in [2.45, 2.75) is 40.7 Å². The summed E-state index contributed by atoms with van der Waals surface area (Å²) in [5, 5.41) is 2.77. The number of hydrogen-bond acceptors (Lipinski definition) is 3. The van der Waals surface area contributed by atoms with Crippen molar-refractivity contribution >= 4 is 11.8 Å². The Bertz CT molecular complexity index is 308. The molecule has 0 aromatic rings. The molecular formula is C14H29N3O2. The van der Waals surface area contributed by atoms with Gasteiger partial charge in [-0.3, -0.25) is 14.5 Å². The van der Waals surface area contributed by atoms with E-state index in [1.165, 1.54) is 4.90 Å². The number of likely N-dealkylation sites (N-methyl/N-ethyl adjacent to an activating group) is 2. The normalized spacial score (nSPS) is 11.8. The summed E-state index contributed by atoms with van der Waals surface area (Å²) in [6, 6.07) is 0.0968. The SMILES string of the molecule is CC(C)NC(=O)CN(C)C(=O)CN(C)CC(C)(C)C. The monoisotopic (exact) mass is 271 g/mol. The van der Waals surface area contributed by atoms with Gasteiger partial charge in [0, 0.05) is 19.6 Å². The standard InChI is InChI=1S/C14H29N3O2/c1-11(2)15-12(18)8-17(7)13(19)9-16(6)10-14(3,4)5/h11H,8-10H2,1-7H3,(H,15,18). The van der Waals surface area contributed by atoms with Gasteiger partial charge in [0.05, 0.1) is 13.1 Å². The molecule has 0 atom stereocenters. The average Bonchev–Trinajstić information content (AvgIpc) is 2.11. The highest BCUT2D eigenvalue weighted by Gasteiger charge is 2.18. The van der Waals surface area contributed by atoms with Gasteiger partial charge < -0.3 is 10.2 Å². The van der Waals surface area contributed by atoms with Gasteiger partial charge in [-0.05, 0) is 26.3 Å². The molecule has 0 rings (SSSR count). The van der Waals surface area contributed by atoms with E-state index in [9.17, 15) is 9.59 Å². The summed E-state index contributed by atoms with van der Waals surface area (Å²) in [4.78, 5) is 27.0. The Morgan fingerprint density at radius 3 is 2.05 bits per heavy atom. The van der Waals surface area contributed by atoms with Gasteiger partial charge in [-0.1, -0.05) is 20.8 Å². The molecule has 0 saturated carbocycles. The van der Waals surface area contributed by atoms with Crippen molar-refractivity contribution in [3.8, 4) is 0 Å². The van der Waals surface area contributed by atoms with E-state index >= 15 is 0 Å².